The molecule has 0 unspecified atom stereocenters. The molecule has 8 nitrogen and oxygen atoms in total. The smallest absolute Gasteiger partial charge is 0.293 e. The SMILES string of the molecule is Cc1cc(C)n2nc(C(=O)N(CCC(N)=O)Cc3ccccc3)nc2n1. The van der Waals surface area contributed by atoms with E-state index in [4.69, 9.17) is 5.73 Å². The second-order valence-electron chi connectivity index (χ2n) is 6.11. The van der Waals surface area contributed by atoms with Crippen molar-refractivity contribution in [2.75, 3.05) is 6.54 Å². The van der Waals surface area contributed by atoms with Crippen molar-refractivity contribution < 1.29 is 9.59 Å². The van der Waals surface area contributed by atoms with Crippen molar-refractivity contribution in [3.63, 3.8) is 0 Å². The molecular weight excluding hydrogens is 332 g/mol. The molecule has 2 amide bonds. The molecule has 2 aromatic heterocycles. The number of carbonyl (C=O) groups is 2. The summed E-state index contributed by atoms with van der Waals surface area (Å²) in [5.74, 6) is -0.406. The molecule has 2 heterocycles. The van der Waals surface area contributed by atoms with Crippen LogP contribution in [0, 0.1) is 13.8 Å². The second kappa shape index (κ2) is 7.30. The average molecular weight is 352 g/mol. The van der Waals surface area contributed by atoms with E-state index < -0.39 is 5.91 Å². The number of aromatic nitrogens is 4. The highest BCUT2D eigenvalue weighted by Gasteiger charge is 2.22. The van der Waals surface area contributed by atoms with Gasteiger partial charge in [-0.25, -0.2) is 9.50 Å². The van der Waals surface area contributed by atoms with Gasteiger partial charge in [0, 0.05) is 30.9 Å². The van der Waals surface area contributed by atoms with E-state index in [1.807, 2.05) is 50.2 Å². The Hall–Kier alpha value is -3.29. The standard InChI is InChI=1S/C18H20N6O2/c1-12-10-13(2)24-18(20-12)21-16(22-24)17(26)23(9-8-15(19)25)11-14-6-4-3-5-7-14/h3-7,10H,8-9,11H2,1-2H3,(H2,19,25). The zero-order valence-corrected chi connectivity index (χ0v) is 14.7. The van der Waals surface area contributed by atoms with Gasteiger partial charge in [0.2, 0.25) is 11.7 Å². The second-order valence-corrected chi connectivity index (χ2v) is 6.11. The molecule has 134 valence electrons. The molecule has 0 fully saturated rings. The predicted molar refractivity (Wildman–Crippen MR) is 95.2 cm³/mol. The van der Waals surface area contributed by atoms with Crippen LogP contribution in [0.2, 0.25) is 0 Å². The van der Waals surface area contributed by atoms with Crippen LogP contribution in [-0.2, 0) is 11.3 Å². The van der Waals surface area contributed by atoms with E-state index in [-0.39, 0.29) is 24.7 Å². The normalized spacial score (nSPS) is 10.8. The minimum atomic E-state index is -0.466. The highest BCUT2D eigenvalue weighted by atomic mass is 16.2. The van der Waals surface area contributed by atoms with Gasteiger partial charge in [0.1, 0.15) is 0 Å². The molecule has 0 spiro atoms. The first-order valence-electron chi connectivity index (χ1n) is 8.26. The molecule has 0 bridgehead atoms. The van der Waals surface area contributed by atoms with Crippen LogP contribution in [0.4, 0.5) is 0 Å². The van der Waals surface area contributed by atoms with Crippen LogP contribution >= 0.6 is 0 Å². The first-order valence-corrected chi connectivity index (χ1v) is 8.26. The van der Waals surface area contributed by atoms with E-state index in [0.29, 0.717) is 12.3 Å². The van der Waals surface area contributed by atoms with Gasteiger partial charge in [-0.1, -0.05) is 30.3 Å². The minimum Gasteiger partial charge on any atom is -0.370 e. The van der Waals surface area contributed by atoms with Crippen LogP contribution in [0.1, 0.15) is 34.0 Å². The third kappa shape index (κ3) is 3.85. The number of rotatable bonds is 6. The number of carbonyl (C=O) groups excluding carboxylic acids is 2. The van der Waals surface area contributed by atoms with Crippen LogP contribution in [0.15, 0.2) is 36.4 Å². The average Bonchev–Trinajstić information content (AvgIpc) is 3.03. The summed E-state index contributed by atoms with van der Waals surface area (Å²) in [6, 6.07) is 11.4. The number of primary amides is 1. The summed E-state index contributed by atoms with van der Waals surface area (Å²) in [6.45, 7) is 4.27. The Kier molecular flexibility index (Phi) is 4.92. The third-order valence-corrected chi connectivity index (χ3v) is 3.94. The number of aryl methyl sites for hydroxylation is 2. The summed E-state index contributed by atoms with van der Waals surface area (Å²) in [5, 5.41) is 4.28. The molecule has 2 N–H and O–H groups in total. The minimum absolute atomic E-state index is 0.0478. The van der Waals surface area contributed by atoms with Crippen molar-refractivity contribution in [1.29, 1.82) is 0 Å². The summed E-state index contributed by atoms with van der Waals surface area (Å²) < 4.78 is 1.54. The van der Waals surface area contributed by atoms with Gasteiger partial charge in [-0.2, -0.15) is 4.98 Å². The van der Waals surface area contributed by atoms with Crippen LogP contribution in [0.25, 0.3) is 5.78 Å². The summed E-state index contributed by atoms with van der Waals surface area (Å²) in [6.07, 6.45) is 0.0718. The Morgan fingerprint density at radius 3 is 2.58 bits per heavy atom. The Morgan fingerprint density at radius 2 is 1.88 bits per heavy atom. The highest BCUT2D eigenvalue weighted by Crippen LogP contribution is 2.11. The number of hydrogen-bond acceptors (Lipinski definition) is 5. The third-order valence-electron chi connectivity index (χ3n) is 3.94. The van der Waals surface area contributed by atoms with E-state index in [1.165, 1.54) is 9.42 Å². The van der Waals surface area contributed by atoms with Crippen LogP contribution in [0.5, 0.6) is 0 Å². The quantitative estimate of drug-likeness (QED) is 0.719. The van der Waals surface area contributed by atoms with Crippen LogP contribution < -0.4 is 5.73 Å². The Balaban J connectivity index is 1.91. The molecule has 8 heteroatoms. The van der Waals surface area contributed by atoms with Crippen LogP contribution in [0.3, 0.4) is 0 Å². The maximum Gasteiger partial charge on any atom is 0.293 e. The van der Waals surface area contributed by atoms with Crippen LogP contribution in [-0.4, -0.2) is 42.8 Å². The Bertz CT molecular complexity index is 951. The molecule has 0 saturated heterocycles. The van der Waals surface area contributed by atoms with Crippen molar-refractivity contribution in [3.05, 3.63) is 59.2 Å². The van der Waals surface area contributed by atoms with Gasteiger partial charge in [-0.3, -0.25) is 9.59 Å². The molecule has 0 radical (unpaired) electrons. The largest absolute Gasteiger partial charge is 0.370 e. The predicted octanol–water partition coefficient (Wildman–Crippen LogP) is 1.26. The fraction of sp³-hybridized carbons (Fsp3) is 0.278. The first kappa shape index (κ1) is 17.5. The monoisotopic (exact) mass is 352 g/mol. The summed E-state index contributed by atoms with van der Waals surface area (Å²) in [4.78, 5) is 34.2. The molecule has 0 aliphatic rings. The maximum absolute atomic E-state index is 12.9. The molecule has 0 aliphatic heterocycles. The number of nitrogens with two attached hydrogens (primary N) is 1. The topological polar surface area (TPSA) is 106 Å². The molecule has 0 atom stereocenters. The fourth-order valence-electron chi connectivity index (χ4n) is 2.70. The summed E-state index contributed by atoms with van der Waals surface area (Å²) >= 11 is 0. The number of nitrogens with zero attached hydrogens (tertiary/aromatic N) is 5. The zero-order chi connectivity index (χ0) is 18.7. The molecule has 1 aromatic carbocycles. The highest BCUT2D eigenvalue weighted by molar-refractivity contribution is 5.91. The number of hydrogen-bond donors (Lipinski definition) is 1. The van der Waals surface area contributed by atoms with Gasteiger partial charge in [0.25, 0.3) is 11.7 Å². The van der Waals surface area contributed by atoms with Crippen molar-refractivity contribution in [3.8, 4) is 0 Å². The van der Waals surface area contributed by atoms with Crippen molar-refractivity contribution >= 4 is 17.6 Å². The van der Waals surface area contributed by atoms with E-state index in [9.17, 15) is 9.59 Å². The number of benzene rings is 1. The summed E-state index contributed by atoms with van der Waals surface area (Å²) in [7, 11) is 0. The Labute approximate surface area is 150 Å². The number of amides is 2. The molecular formula is C18H20N6O2. The number of fused-ring (bicyclic) bond motifs is 1. The molecule has 26 heavy (non-hydrogen) atoms. The Morgan fingerprint density at radius 1 is 1.15 bits per heavy atom. The van der Waals surface area contributed by atoms with Crippen molar-refractivity contribution in [2.24, 2.45) is 5.73 Å². The van der Waals surface area contributed by atoms with E-state index in [0.717, 1.165) is 17.0 Å². The van der Waals surface area contributed by atoms with E-state index >= 15 is 0 Å². The lowest BCUT2D eigenvalue weighted by Crippen LogP contribution is -2.34. The van der Waals surface area contributed by atoms with E-state index in [1.54, 1.807) is 0 Å². The molecule has 0 saturated carbocycles. The molecule has 0 aliphatic carbocycles. The fourth-order valence-corrected chi connectivity index (χ4v) is 2.70. The lowest BCUT2D eigenvalue weighted by molar-refractivity contribution is -0.118. The van der Waals surface area contributed by atoms with Gasteiger partial charge in [0.15, 0.2) is 0 Å². The van der Waals surface area contributed by atoms with E-state index in [2.05, 4.69) is 15.1 Å². The van der Waals surface area contributed by atoms with Gasteiger partial charge >= 0.3 is 0 Å². The first-order chi connectivity index (χ1) is 12.4. The van der Waals surface area contributed by atoms with Gasteiger partial charge in [0.05, 0.1) is 0 Å². The zero-order valence-electron chi connectivity index (χ0n) is 14.7. The van der Waals surface area contributed by atoms with Gasteiger partial charge in [-0.05, 0) is 25.5 Å². The van der Waals surface area contributed by atoms with Crippen molar-refractivity contribution in [1.82, 2.24) is 24.5 Å². The lowest BCUT2D eigenvalue weighted by Gasteiger charge is -2.20. The maximum atomic E-state index is 12.9. The summed E-state index contributed by atoms with van der Waals surface area (Å²) in [5.41, 5.74) is 7.83. The molecule has 3 aromatic rings. The van der Waals surface area contributed by atoms with Gasteiger partial charge in [-0.15, -0.1) is 5.10 Å². The molecule has 3 rings (SSSR count). The van der Waals surface area contributed by atoms with Crippen molar-refractivity contribution in [2.45, 2.75) is 26.8 Å². The van der Waals surface area contributed by atoms with Gasteiger partial charge < -0.3 is 10.6 Å². The lowest BCUT2D eigenvalue weighted by atomic mass is 10.2.